The van der Waals surface area contributed by atoms with E-state index in [4.69, 9.17) is 5.11 Å². The first-order valence-corrected chi connectivity index (χ1v) is 7.23. The van der Waals surface area contributed by atoms with Crippen molar-refractivity contribution in [3.05, 3.63) is 35.9 Å². The lowest BCUT2D eigenvalue weighted by Gasteiger charge is -2.13. The van der Waals surface area contributed by atoms with Gasteiger partial charge in [-0.1, -0.05) is 30.3 Å². The first kappa shape index (κ1) is 18.5. The number of carbonyl (C=O) groups is 3. The molecular weight excluding hydrogens is 302 g/mol. The van der Waals surface area contributed by atoms with Crippen LogP contribution in [0.25, 0.3) is 0 Å². The van der Waals surface area contributed by atoms with E-state index in [0.717, 1.165) is 5.56 Å². The highest BCUT2D eigenvalue weighted by molar-refractivity contribution is 5.84. The van der Waals surface area contributed by atoms with E-state index in [1.807, 2.05) is 30.3 Å². The summed E-state index contributed by atoms with van der Waals surface area (Å²) in [6, 6.07) is 9.74. The molecule has 1 aromatic carbocycles. The number of hydrogen-bond acceptors (Lipinski definition) is 5. The maximum Gasteiger partial charge on any atom is 0.507 e. The van der Waals surface area contributed by atoms with Gasteiger partial charge in [0.1, 0.15) is 6.54 Å². The van der Waals surface area contributed by atoms with Gasteiger partial charge in [0.15, 0.2) is 0 Å². The molecule has 7 heteroatoms. The molecule has 1 saturated heterocycles. The van der Waals surface area contributed by atoms with Crippen molar-refractivity contribution in [3.8, 4) is 0 Å². The molecule has 0 radical (unpaired) electrons. The third-order valence-electron chi connectivity index (χ3n) is 3.24. The molecule has 2 rings (SSSR count). The maximum atomic E-state index is 11.6. The zero-order valence-electron chi connectivity index (χ0n) is 13.2. The zero-order valence-corrected chi connectivity index (χ0v) is 13.2. The molecule has 1 unspecified atom stereocenters. The van der Waals surface area contributed by atoms with Crippen molar-refractivity contribution in [2.45, 2.75) is 19.3 Å². The minimum absolute atomic E-state index is 0.0729. The summed E-state index contributed by atoms with van der Waals surface area (Å²) in [6.45, 7) is 2.40. The van der Waals surface area contributed by atoms with E-state index in [9.17, 15) is 14.4 Å². The number of aliphatic carboxylic acids is 1. The van der Waals surface area contributed by atoms with Crippen molar-refractivity contribution in [2.24, 2.45) is 0 Å². The summed E-state index contributed by atoms with van der Waals surface area (Å²) >= 11 is 0. The molecule has 0 bridgehead atoms. The van der Waals surface area contributed by atoms with Gasteiger partial charge in [-0.15, -0.1) is 0 Å². The van der Waals surface area contributed by atoms with Crippen LogP contribution >= 0.6 is 0 Å². The average molecular weight is 323 g/mol. The predicted molar refractivity (Wildman–Crippen MR) is 82.0 cm³/mol. The van der Waals surface area contributed by atoms with Crippen molar-refractivity contribution >= 4 is 18.0 Å². The molecular formula is C16H21NO6. The Hall–Kier alpha value is -2.57. The van der Waals surface area contributed by atoms with Crippen molar-refractivity contribution in [3.63, 3.8) is 0 Å². The fourth-order valence-corrected chi connectivity index (χ4v) is 2.21. The number of ether oxygens (including phenoxy) is 2. The Morgan fingerprint density at radius 1 is 1.30 bits per heavy atom. The Kier molecular flexibility index (Phi) is 7.59. The summed E-state index contributed by atoms with van der Waals surface area (Å²) in [5, 5.41) is 8.65. The summed E-state index contributed by atoms with van der Waals surface area (Å²) in [6.07, 6.45) is -0.209. The number of likely N-dealkylation sites (tertiary alicyclic amines) is 1. The Morgan fingerprint density at radius 3 is 2.43 bits per heavy atom. The minimum atomic E-state index is -0.956. The molecule has 1 fully saturated rings. The number of carboxylic acids is 1. The normalized spacial score (nSPS) is 16.3. The Bertz CT molecular complexity index is 531. The van der Waals surface area contributed by atoms with Crippen LogP contribution in [0, 0.1) is 0 Å². The molecule has 1 heterocycles. The number of rotatable bonds is 4. The van der Waals surface area contributed by atoms with E-state index in [1.54, 1.807) is 6.92 Å². The van der Waals surface area contributed by atoms with Gasteiger partial charge in [-0.3, -0.25) is 9.59 Å². The summed E-state index contributed by atoms with van der Waals surface area (Å²) in [7, 11) is 1.28. The smallest absolute Gasteiger partial charge is 0.480 e. The Balaban J connectivity index is 0.000000322. The Morgan fingerprint density at radius 2 is 1.96 bits per heavy atom. The first-order valence-electron chi connectivity index (χ1n) is 7.23. The molecule has 1 N–H and O–H groups in total. The largest absolute Gasteiger partial charge is 0.507 e. The lowest BCUT2D eigenvalue weighted by molar-refractivity contribution is -0.142. The highest BCUT2D eigenvalue weighted by Crippen LogP contribution is 2.27. The van der Waals surface area contributed by atoms with Crippen LogP contribution in [0.2, 0.25) is 0 Å². The lowest BCUT2D eigenvalue weighted by atomic mass is 9.99. The standard InChI is InChI=1S/C12H13NO3.C4H8O3/c14-11-6-10(7-13(11)8-12(15)16)9-4-2-1-3-5-9;1-3-7-4(5)6-2/h1-5,10H,6-8H2,(H,15,16);3H2,1-2H3. The molecule has 0 aromatic heterocycles. The van der Waals surface area contributed by atoms with E-state index in [0.29, 0.717) is 19.6 Å². The summed E-state index contributed by atoms with van der Waals surface area (Å²) in [4.78, 5) is 33.5. The van der Waals surface area contributed by atoms with Gasteiger partial charge >= 0.3 is 12.1 Å². The van der Waals surface area contributed by atoms with E-state index in [-0.39, 0.29) is 18.4 Å². The molecule has 23 heavy (non-hydrogen) atoms. The topological polar surface area (TPSA) is 93.1 Å². The second-order valence-corrected chi connectivity index (χ2v) is 4.87. The molecule has 0 saturated carbocycles. The molecule has 1 aromatic rings. The fourth-order valence-electron chi connectivity index (χ4n) is 2.21. The second-order valence-electron chi connectivity index (χ2n) is 4.87. The van der Waals surface area contributed by atoms with Crippen LogP contribution in [0.15, 0.2) is 30.3 Å². The van der Waals surface area contributed by atoms with Crippen LogP contribution in [-0.4, -0.2) is 54.8 Å². The highest BCUT2D eigenvalue weighted by Gasteiger charge is 2.31. The van der Waals surface area contributed by atoms with E-state index in [2.05, 4.69) is 9.47 Å². The van der Waals surface area contributed by atoms with E-state index in [1.165, 1.54) is 12.0 Å². The van der Waals surface area contributed by atoms with Gasteiger partial charge in [0.05, 0.1) is 13.7 Å². The summed E-state index contributed by atoms with van der Waals surface area (Å²) in [5.41, 5.74) is 1.10. The third kappa shape index (κ3) is 6.37. The van der Waals surface area contributed by atoms with Crippen LogP contribution in [0.4, 0.5) is 4.79 Å². The molecule has 1 aliphatic heterocycles. The van der Waals surface area contributed by atoms with Gasteiger partial charge in [-0.05, 0) is 12.5 Å². The van der Waals surface area contributed by atoms with Crippen molar-refractivity contribution < 1.29 is 29.0 Å². The van der Waals surface area contributed by atoms with E-state index < -0.39 is 12.1 Å². The number of hydrogen-bond donors (Lipinski definition) is 1. The number of methoxy groups -OCH3 is 1. The van der Waals surface area contributed by atoms with Crippen LogP contribution in [0.5, 0.6) is 0 Å². The molecule has 126 valence electrons. The number of nitrogens with zero attached hydrogens (tertiary/aromatic N) is 1. The Labute approximate surface area is 134 Å². The van der Waals surface area contributed by atoms with E-state index >= 15 is 0 Å². The van der Waals surface area contributed by atoms with Gasteiger partial charge in [0.25, 0.3) is 0 Å². The van der Waals surface area contributed by atoms with Gasteiger partial charge in [0, 0.05) is 18.9 Å². The van der Waals surface area contributed by atoms with Crippen molar-refractivity contribution in [1.29, 1.82) is 0 Å². The van der Waals surface area contributed by atoms with Crippen LogP contribution in [-0.2, 0) is 19.1 Å². The minimum Gasteiger partial charge on any atom is -0.480 e. The third-order valence-corrected chi connectivity index (χ3v) is 3.24. The van der Waals surface area contributed by atoms with Crippen LogP contribution in [0.1, 0.15) is 24.8 Å². The molecule has 7 nitrogen and oxygen atoms in total. The van der Waals surface area contributed by atoms with Gasteiger partial charge in [-0.2, -0.15) is 0 Å². The number of carbonyl (C=O) groups excluding carboxylic acids is 2. The molecule has 1 atom stereocenters. The monoisotopic (exact) mass is 323 g/mol. The molecule has 0 aliphatic carbocycles. The molecule has 1 aliphatic rings. The highest BCUT2D eigenvalue weighted by atomic mass is 16.7. The average Bonchev–Trinajstić information content (AvgIpc) is 2.89. The van der Waals surface area contributed by atoms with Crippen molar-refractivity contribution in [2.75, 3.05) is 26.8 Å². The van der Waals surface area contributed by atoms with Gasteiger partial charge in [-0.25, -0.2) is 4.79 Å². The first-order chi connectivity index (χ1) is 11.0. The molecule has 0 spiro atoms. The SMILES string of the molecule is CCOC(=O)OC.O=C(O)CN1CC(c2ccccc2)CC1=O. The predicted octanol–water partition coefficient (Wildman–Crippen LogP) is 1.88. The lowest BCUT2D eigenvalue weighted by Crippen LogP contribution is -2.30. The van der Waals surface area contributed by atoms with Gasteiger partial charge in [0.2, 0.25) is 5.91 Å². The summed E-state index contributed by atoms with van der Waals surface area (Å²) < 4.78 is 8.46. The second kappa shape index (κ2) is 9.45. The quantitative estimate of drug-likeness (QED) is 0.850. The number of carboxylic acid groups (broad SMARTS) is 1. The van der Waals surface area contributed by atoms with Crippen LogP contribution in [0.3, 0.4) is 0 Å². The van der Waals surface area contributed by atoms with Gasteiger partial charge < -0.3 is 19.5 Å². The number of amides is 1. The maximum absolute atomic E-state index is 11.6. The molecule has 1 amide bonds. The van der Waals surface area contributed by atoms with Crippen LogP contribution < -0.4 is 0 Å². The summed E-state index contributed by atoms with van der Waals surface area (Å²) in [5.74, 6) is -0.897. The fraction of sp³-hybridized carbons (Fsp3) is 0.438. The number of benzene rings is 1. The van der Waals surface area contributed by atoms with Crippen molar-refractivity contribution in [1.82, 2.24) is 4.90 Å². The zero-order chi connectivity index (χ0) is 17.2.